The maximum atomic E-state index is 11.7. The van der Waals surface area contributed by atoms with Crippen LogP contribution >= 0.6 is 15.9 Å². The van der Waals surface area contributed by atoms with Crippen LogP contribution in [0.1, 0.15) is 24.8 Å². The van der Waals surface area contributed by atoms with Gasteiger partial charge in [0.15, 0.2) is 0 Å². The van der Waals surface area contributed by atoms with Crippen LogP contribution in [-0.4, -0.2) is 24.7 Å². The molecule has 0 aromatic heterocycles. The highest BCUT2D eigenvalue weighted by atomic mass is 79.9. The van der Waals surface area contributed by atoms with E-state index in [1.807, 2.05) is 19.1 Å². The summed E-state index contributed by atoms with van der Waals surface area (Å²) in [5.74, 6) is 0.574. The van der Waals surface area contributed by atoms with Crippen molar-refractivity contribution in [3.05, 3.63) is 22.2 Å². The van der Waals surface area contributed by atoms with Crippen molar-refractivity contribution in [2.75, 3.05) is 19.0 Å². The number of rotatable bonds is 6. The van der Waals surface area contributed by atoms with Crippen molar-refractivity contribution in [3.8, 4) is 5.75 Å². The zero-order valence-corrected chi connectivity index (χ0v) is 12.2. The molecule has 5 heteroatoms. The standard InChI is InChI=1S/C13H18BrNO3/c1-9-7-10(14)8-11(18-2)13(9)15-12(17)5-3-4-6-16/h7-8,16H,3-6H2,1-2H3,(H,15,17). The van der Waals surface area contributed by atoms with Crippen LogP contribution in [-0.2, 0) is 4.79 Å². The number of amides is 1. The number of benzene rings is 1. The highest BCUT2D eigenvalue weighted by Crippen LogP contribution is 2.32. The number of anilines is 1. The topological polar surface area (TPSA) is 58.6 Å². The van der Waals surface area contributed by atoms with Gasteiger partial charge >= 0.3 is 0 Å². The van der Waals surface area contributed by atoms with Crippen LogP contribution in [0.15, 0.2) is 16.6 Å². The lowest BCUT2D eigenvalue weighted by Gasteiger charge is -2.13. The second kappa shape index (κ2) is 7.38. The van der Waals surface area contributed by atoms with Gasteiger partial charge in [0.25, 0.3) is 0 Å². The number of ether oxygens (including phenoxy) is 1. The quantitative estimate of drug-likeness (QED) is 0.794. The molecule has 100 valence electrons. The smallest absolute Gasteiger partial charge is 0.224 e. The average Bonchev–Trinajstić information content (AvgIpc) is 2.32. The highest BCUT2D eigenvalue weighted by Gasteiger charge is 2.11. The molecule has 0 fully saturated rings. The molecule has 0 heterocycles. The second-order valence-electron chi connectivity index (χ2n) is 4.03. The van der Waals surface area contributed by atoms with E-state index in [1.165, 1.54) is 0 Å². The predicted molar refractivity (Wildman–Crippen MR) is 75.0 cm³/mol. The molecule has 1 amide bonds. The van der Waals surface area contributed by atoms with Crippen LogP contribution in [0.25, 0.3) is 0 Å². The van der Waals surface area contributed by atoms with Gasteiger partial charge in [0, 0.05) is 17.5 Å². The predicted octanol–water partition coefficient (Wildman–Crippen LogP) is 2.87. The molecular formula is C13H18BrNO3. The lowest BCUT2D eigenvalue weighted by Crippen LogP contribution is -2.13. The van der Waals surface area contributed by atoms with Crippen molar-refractivity contribution < 1.29 is 14.6 Å². The van der Waals surface area contributed by atoms with Gasteiger partial charge in [0.2, 0.25) is 5.91 Å². The number of aliphatic hydroxyl groups is 1. The molecule has 0 saturated carbocycles. The monoisotopic (exact) mass is 315 g/mol. The third-order valence-corrected chi connectivity index (χ3v) is 3.02. The average molecular weight is 316 g/mol. The van der Waals surface area contributed by atoms with Gasteiger partial charge < -0.3 is 15.2 Å². The van der Waals surface area contributed by atoms with E-state index in [0.717, 1.165) is 10.0 Å². The van der Waals surface area contributed by atoms with Crippen molar-refractivity contribution in [3.63, 3.8) is 0 Å². The third kappa shape index (κ3) is 4.31. The van der Waals surface area contributed by atoms with Crippen molar-refractivity contribution >= 4 is 27.5 Å². The Bertz CT molecular complexity index is 421. The van der Waals surface area contributed by atoms with E-state index >= 15 is 0 Å². The number of carbonyl (C=O) groups excluding carboxylic acids is 1. The highest BCUT2D eigenvalue weighted by molar-refractivity contribution is 9.10. The van der Waals surface area contributed by atoms with Gasteiger partial charge in [-0.3, -0.25) is 4.79 Å². The second-order valence-corrected chi connectivity index (χ2v) is 4.94. The van der Waals surface area contributed by atoms with Gasteiger partial charge in [0.05, 0.1) is 12.8 Å². The minimum Gasteiger partial charge on any atom is -0.495 e. The summed E-state index contributed by atoms with van der Waals surface area (Å²) in [6.45, 7) is 2.03. The Kier molecular flexibility index (Phi) is 6.15. The van der Waals surface area contributed by atoms with Crippen molar-refractivity contribution in [1.82, 2.24) is 0 Å². The Morgan fingerprint density at radius 3 is 2.78 bits per heavy atom. The summed E-state index contributed by atoms with van der Waals surface area (Å²) in [6, 6.07) is 3.74. The molecule has 18 heavy (non-hydrogen) atoms. The summed E-state index contributed by atoms with van der Waals surface area (Å²) >= 11 is 3.38. The van der Waals surface area contributed by atoms with E-state index in [2.05, 4.69) is 21.2 Å². The summed E-state index contributed by atoms with van der Waals surface area (Å²) in [5.41, 5.74) is 1.64. The molecule has 0 saturated heterocycles. The Morgan fingerprint density at radius 1 is 1.44 bits per heavy atom. The maximum Gasteiger partial charge on any atom is 0.224 e. The number of aliphatic hydroxyl groups excluding tert-OH is 1. The Morgan fingerprint density at radius 2 is 2.17 bits per heavy atom. The van der Waals surface area contributed by atoms with Crippen molar-refractivity contribution in [2.45, 2.75) is 26.2 Å². The first kappa shape index (κ1) is 15.0. The normalized spacial score (nSPS) is 10.2. The number of unbranched alkanes of at least 4 members (excludes halogenated alkanes) is 1. The summed E-state index contributed by atoms with van der Waals surface area (Å²) in [7, 11) is 1.57. The van der Waals surface area contributed by atoms with E-state index in [4.69, 9.17) is 9.84 Å². The molecule has 0 radical (unpaired) electrons. The van der Waals surface area contributed by atoms with E-state index in [1.54, 1.807) is 7.11 Å². The van der Waals surface area contributed by atoms with Crippen LogP contribution in [0, 0.1) is 6.92 Å². The van der Waals surface area contributed by atoms with Crippen LogP contribution in [0.2, 0.25) is 0 Å². The van der Waals surface area contributed by atoms with Gasteiger partial charge in [-0.15, -0.1) is 0 Å². The van der Waals surface area contributed by atoms with Crippen LogP contribution in [0.5, 0.6) is 5.75 Å². The lowest BCUT2D eigenvalue weighted by atomic mass is 10.1. The minimum absolute atomic E-state index is 0.0628. The van der Waals surface area contributed by atoms with Crippen molar-refractivity contribution in [2.24, 2.45) is 0 Å². The molecule has 1 aromatic rings. The first-order valence-electron chi connectivity index (χ1n) is 5.83. The number of aryl methyl sites for hydroxylation is 1. The first-order valence-corrected chi connectivity index (χ1v) is 6.62. The molecule has 0 unspecified atom stereocenters. The SMILES string of the molecule is COc1cc(Br)cc(C)c1NC(=O)CCCCO. The maximum absolute atomic E-state index is 11.7. The molecule has 0 bridgehead atoms. The number of methoxy groups -OCH3 is 1. The Hall–Kier alpha value is -1.07. The minimum atomic E-state index is -0.0628. The van der Waals surface area contributed by atoms with Gasteiger partial charge in [-0.1, -0.05) is 15.9 Å². The van der Waals surface area contributed by atoms with Gasteiger partial charge in [-0.2, -0.15) is 0 Å². The van der Waals surface area contributed by atoms with E-state index in [9.17, 15) is 4.79 Å². The molecule has 0 atom stereocenters. The zero-order chi connectivity index (χ0) is 13.5. The summed E-state index contributed by atoms with van der Waals surface area (Å²) in [4.78, 5) is 11.7. The first-order chi connectivity index (χ1) is 8.58. The van der Waals surface area contributed by atoms with Crippen molar-refractivity contribution in [1.29, 1.82) is 0 Å². The fourth-order valence-corrected chi connectivity index (χ4v) is 2.18. The summed E-state index contributed by atoms with van der Waals surface area (Å²) in [5, 5.41) is 11.5. The molecule has 0 aliphatic rings. The molecule has 0 aliphatic carbocycles. The Labute approximate surface area is 115 Å². The molecule has 1 rings (SSSR count). The van der Waals surface area contributed by atoms with E-state index < -0.39 is 0 Å². The van der Waals surface area contributed by atoms with E-state index in [-0.39, 0.29) is 12.5 Å². The molecule has 2 N–H and O–H groups in total. The number of carbonyl (C=O) groups is 1. The molecule has 0 aliphatic heterocycles. The Balaban J connectivity index is 2.74. The van der Waals surface area contributed by atoms with Crippen LogP contribution < -0.4 is 10.1 Å². The molecular weight excluding hydrogens is 298 g/mol. The van der Waals surface area contributed by atoms with Crippen LogP contribution in [0.4, 0.5) is 5.69 Å². The summed E-state index contributed by atoms with van der Waals surface area (Å²) < 4.78 is 6.16. The molecule has 0 spiro atoms. The largest absolute Gasteiger partial charge is 0.495 e. The fourth-order valence-electron chi connectivity index (χ4n) is 1.63. The van der Waals surface area contributed by atoms with E-state index in [0.29, 0.717) is 30.7 Å². The fraction of sp³-hybridized carbons (Fsp3) is 0.462. The van der Waals surface area contributed by atoms with Crippen LogP contribution in [0.3, 0.4) is 0 Å². The number of hydrogen-bond acceptors (Lipinski definition) is 3. The zero-order valence-electron chi connectivity index (χ0n) is 10.6. The molecule has 1 aromatic carbocycles. The molecule has 4 nitrogen and oxygen atoms in total. The third-order valence-electron chi connectivity index (χ3n) is 2.56. The van der Waals surface area contributed by atoms with Gasteiger partial charge in [0.1, 0.15) is 5.75 Å². The lowest BCUT2D eigenvalue weighted by molar-refractivity contribution is -0.116. The number of halogens is 1. The summed E-state index contributed by atoms with van der Waals surface area (Å²) in [6.07, 6.45) is 1.73. The van der Waals surface area contributed by atoms with Gasteiger partial charge in [-0.25, -0.2) is 0 Å². The van der Waals surface area contributed by atoms with Gasteiger partial charge in [-0.05, 0) is 37.5 Å². The number of nitrogens with one attached hydrogen (secondary N) is 1. The number of hydrogen-bond donors (Lipinski definition) is 2.